The number of carbonyl (C=O) groups excluding carboxylic acids is 2. The summed E-state index contributed by atoms with van der Waals surface area (Å²) in [5, 5.41) is 5.23. The molecule has 0 aliphatic carbocycles. The van der Waals surface area contributed by atoms with Gasteiger partial charge in [-0.05, 0) is 30.3 Å². The fourth-order valence-electron chi connectivity index (χ4n) is 3.04. The van der Waals surface area contributed by atoms with Crippen molar-refractivity contribution in [1.29, 1.82) is 0 Å². The first kappa shape index (κ1) is 23.4. The third-order valence-electron chi connectivity index (χ3n) is 4.59. The van der Waals surface area contributed by atoms with E-state index in [1.54, 1.807) is 18.2 Å². The number of nitrogens with zero attached hydrogens (tertiary/aromatic N) is 1. The van der Waals surface area contributed by atoms with Crippen LogP contribution in [-0.4, -0.2) is 58.5 Å². The van der Waals surface area contributed by atoms with E-state index in [0.717, 1.165) is 4.31 Å². The summed E-state index contributed by atoms with van der Waals surface area (Å²) in [5.41, 5.74) is 0.756. The Labute approximate surface area is 186 Å². The quantitative estimate of drug-likeness (QED) is 0.644. The minimum atomic E-state index is -3.95. The molecule has 11 heteroatoms. The van der Waals surface area contributed by atoms with E-state index in [2.05, 4.69) is 10.6 Å². The maximum Gasteiger partial charge on any atom is 0.243 e. The Morgan fingerprint density at radius 1 is 1.06 bits per heavy atom. The van der Waals surface area contributed by atoms with Gasteiger partial charge in [-0.25, -0.2) is 8.42 Å². The van der Waals surface area contributed by atoms with Crippen LogP contribution >= 0.6 is 0 Å². The molecule has 0 atom stereocenters. The van der Waals surface area contributed by atoms with Crippen LogP contribution in [0.1, 0.15) is 13.3 Å². The molecule has 1 heterocycles. The van der Waals surface area contributed by atoms with E-state index in [1.807, 2.05) is 0 Å². The molecule has 1 aliphatic rings. The molecule has 0 unspecified atom stereocenters. The molecule has 3 rings (SSSR count). The van der Waals surface area contributed by atoms with Gasteiger partial charge in [0.2, 0.25) is 21.8 Å². The molecule has 2 aromatic rings. The number of rotatable bonds is 7. The number of likely N-dealkylation sites (N-methyl/N-ethyl adjacent to an activating group) is 1. The minimum absolute atomic E-state index is 0.00515. The van der Waals surface area contributed by atoms with E-state index in [4.69, 9.17) is 14.2 Å². The van der Waals surface area contributed by atoms with Crippen LogP contribution in [0.3, 0.4) is 0 Å². The predicted octanol–water partition coefficient (Wildman–Crippen LogP) is 2.07. The number of carbonyl (C=O) groups is 2. The van der Waals surface area contributed by atoms with Crippen molar-refractivity contribution in [2.75, 3.05) is 44.5 Å². The lowest BCUT2D eigenvalue weighted by atomic mass is 10.2. The summed E-state index contributed by atoms with van der Waals surface area (Å²) < 4.78 is 43.1. The highest BCUT2D eigenvalue weighted by Crippen LogP contribution is 2.33. The highest BCUT2D eigenvalue weighted by atomic mass is 32.2. The van der Waals surface area contributed by atoms with Crippen molar-refractivity contribution in [3.63, 3.8) is 0 Å². The second kappa shape index (κ2) is 9.88. The van der Waals surface area contributed by atoms with E-state index in [0.29, 0.717) is 48.3 Å². The Morgan fingerprint density at radius 2 is 1.78 bits per heavy atom. The SMILES string of the molecule is COc1ccc(NC(=O)CN(C)S(=O)(=O)c2ccc3c(c2)OCCCO3)cc1NC(C)=O. The number of anilines is 2. The molecule has 0 spiro atoms. The van der Waals surface area contributed by atoms with Gasteiger partial charge in [-0.15, -0.1) is 0 Å². The molecule has 2 amide bonds. The van der Waals surface area contributed by atoms with E-state index in [1.165, 1.54) is 39.3 Å². The van der Waals surface area contributed by atoms with Crippen LogP contribution in [0.2, 0.25) is 0 Å². The van der Waals surface area contributed by atoms with Crippen LogP contribution in [0.15, 0.2) is 41.3 Å². The third-order valence-corrected chi connectivity index (χ3v) is 6.39. The summed E-state index contributed by atoms with van der Waals surface area (Å²) >= 11 is 0. The van der Waals surface area contributed by atoms with Gasteiger partial charge in [-0.3, -0.25) is 9.59 Å². The summed E-state index contributed by atoms with van der Waals surface area (Å²) in [7, 11) is -1.18. The Bertz CT molecular complexity index is 1120. The number of fused-ring (bicyclic) bond motifs is 1. The van der Waals surface area contributed by atoms with Crippen molar-refractivity contribution in [2.45, 2.75) is 18.2 Å². The molecule has 0 saturated carbocycles. The van der Waals surface area contributed by atoms with E-state index in [-0.39, 0.29) is 10.8 Å². The van der Waals surface area contributed by atoms with Crippen molar-refractivity contribution in [2.24, 2.45) is 0 Å². The molecule has 0 fully saturated rings. The predicted molar refractivity (Wildman–Crippen MR) is 118 cm³/mol. The highest BCUT2D eigenvalue weighted by molar-refractivity contribution is 7.89. The van der Waals surface area contributed by atoms with Gasteiger partial charge in [0.25, 0.3) is 0 Å². The molecule has 32 heavy (non-hydrogen) atoms. The number of amides is 2. The van der Waals surface area contributed by atoms with Crippen LogP contribution in [-0.2, 0) is 19.6 Å². The lowest BCUT2D eigenvalue weighted by molar-refractivity contribution is -0.116. The Kier molecular flexibility index (Phi) is 7.21. The number of hydrogen-bond donors (Lipinski definition) is 2. The van der Waals surface area contributed by atoms with Crippen LogP contribution in [0, 0.1) is 0 Å². The molecule has 0 bridgehead atoms. The van der Waals surface area contributed by atoms with Crippen molar-refractivity contribution in [3.05, 3.63) is 36.4 Å². The average molecular weight is 464 g/mol. The second-order valence-corrected chi connectivity index (χ2v) is 9.11. The summed E-state index contributed by atoms with van der Waals surface area (Å²) in [4.78, 5) is 23.9. The minimum Gasteiger partial charge on any atom is -0.495 e. The van der Waals surface area contributed by atoms with Gasteiger partial charge < -0.3 is 24.8 Å². The second-order valence-electron chi connectivity index (χ2n) is 7.06. The van der Waals surface area contributed by atoms with E-state index >= 15 is 0 Å². The van der Waals surface area contributed by atoms with Gasteiger partial charge in [-0.2, -0.15) is 4.31 Å². The number of nitrogens with one attached hydrogen (secondary N) is 2. The molecule has 1 aliphatic heterocycles. The molecular formula is C21H25N3O7S. The van der Waals surface area contributed by atoms with Crippen molar-refractivity contribution in [3.8, 4) is 17.2 Å². The molecule has 0 aromatic heterocycles. The lowest BCUT2D eigenvalue weighted by Gasteiger charge is -2.18. The summed E-state index contributed by atoms with van der Waals surface area (Å²) in [6, 6.07) is 9.05. The molecule has 0 saturated heterocycles. The Balaban J connectivity index is 1.71. The molecule has 2 aromatic carbocycles. The van der Waals surface area contributed by atoms with Gasteiger partial charge in [0.1, 0.15) is 5.75 Å². The summed E-state index contributed by atoms with van der Waals surface area (Å²) in [6.07, 6.45) is 0.700. The Hall–Kier alpha value is -3.31. The average Bonchev–Trinajstić information content (AvgIpc) is 2.98. The van der Waals surface area contributed by atoms with E-state index < -0.39 is 22.5 Å². The standard InChI is InChI=1S/C21H25N3O7S/c1-14(25)22-17-11-15(5-7-18(17)29-3)23-21(26)13-24(2)32(27,28)16-6-8-19-20(12-16)31-10-4-9-30-19/h5-8,11-12H,4,9-10,13H2,1-3H3,(H,22,25)(H,23,26). The van der Waals surface area contributed by atoms with Crippen LogP contribution in [0.25, 0.3) is 0 Å². The number of sulfonamides is 1. The molecular weight excluding hydrogens is 438 g/mol. The zero-order valence-corrected chi connectivity index (χ0v) is 18.8. The summed E-state index contributed by atoms with van der Waals surface area (Å²) in [6.45, 7) is 1.85. The topological polar surface area (TPSA) is 123 Å². The number of benzene rings is 2. The fourth-order valence-corrected chi connectivity index (χ4v) is 4.19. The zero-order chi connectivity index (χ0) is 23.3. The Morgan fingerprint density at radius 3 is 2.47 bits per heavy atom. The van der Waals surface area contributed by atoms with Crippen LogP contribution in [0.5, 0.6) is 17.2 Å². The number of methoxy groups -OCH3 is 1. The van der Waals surface area contributed by atoms with Crippen molar-refractivity contribution >= 4 is 33.2 Å². The maximum absolute atomic E-state index is 12.9. The third kappa shape index (κ3) is 5.48. The van der Waals surface area contributed by atoms with Gasteiger partial charge >= 0.3 is 0 Å². The first-order chi connectivity index (χ1) is 15.2. The van der Waals surface area contributed by atoms with Crippen molar-refractivity contribution < 1.29 is 32.2 Å². The van der Waals surface area contributed by atoms with Crippen LogP contribution < -0.4 is 24.8 Å². The number of ether oxygens (including phenoxy) is 3. The molecule has 0 radical (unpaired) electrons. The van der Waals surface area contributed by atoms with Crippen LogP contribution in [0.4, 0.5) is 11.4 Å². The van der Waals surface area contributed by atoms with Gasteiger partial charge in [0.15, 0.2) is 11.5 Å². The lowest BCUT2D eigenvalue weighted by Crippen LogP contribution is -2.35. The zero-order valence-electron chi connectivity index (χ0n) is 18.0. The first-order valence-electron chi connectivity index (χ1n) is 9.82. The smallest absolute Gasteiger partial charge is 0.243 e. The van der Waals surface area contributed by atoms with Gasteiger partial charge in [0.05, 0.1) is 37.5 Å². The summed E-state index contributed by atoms with van der Waals surface area (Å²) in [5.74, 6) is 0.408. The molecule has 10 nitrogen and oxygen atoms in total. The first-order valence-corrected chi connectivity index (χ1v) is 11.3. The van der Waals surface area contributed by atoms with Gasteiger partial charge in [-0.1, -0.05) is 0 Å². The fraction of sp³-hybridized carbons (Fsp3) is 0.333. The largest absolute Gasteiger partial charge is 0.495 e. The monoisotopic (exact) mass is 463 g/mol. The van der Waals surface area contributed by atoms with Crippen molar-refractivity contribution in [1.82, 2.24) is 4.31 Å². The van der Waals surface area contributed by atoms with E-state index in [9.17, 15) is 18.0 Å². The normalized spacial score (nSPS) is 13.2. The highest BCUT2D eigenvalue weighted by Gasteiger charge is 2.25. The maximum atomic E-state index is 12.9. The molecule has 172 valence electrons. The molecule has 2 N–H and O–H groups in total. The number of hydrogen-bond acceptors (Lipinski definition) is 7. The van der Waals surface area contributed by atoms with Gasteiger partial charge in [0, 0.05) is 32.1 Å².